The molecular weight excluding hydrogens is 469 g/mol. The first-order chi connectivity index (χ1) is 15.0. The van der Waals surface area contributed by atoms with E-state index in [2.05, 4.69) is 5.32 Å². The van der Waals surface area contributed by atoms with E-state index < -0.39 is 41.6 Å². The van der Waals surface area contributed by atoms with Crippen LogP contribution in [0.25, 0.3) is 10.9 Å². The Kier molecular flexibility index (Phi) is 6.71. The predicted molar refractivity (Wildman–Crippen MR) is 113 cm³/mol. The molecule has 0 aliphatic rings. The van der Waals surface area contributed by atoms with E-state index >= 15 is 0 Å². The highest BCUT2D eigenvalue weighted by atomic mass is 35.5. The van der Waals surface area contributed by atoms with Gasteiger partial charge in [0, 0.05) is 29.3 Å². The first kappa shape index (κ1) is 23.5. The summed E-state index contributed by atoms with van der Waals surface area (Å²) in [7, 11) is 0. The Bertz CT molecular complexity index is 1270. The summed E-state index contributed by atoms with van der Waals surface area (Å²) in [5, 5.41) is 20.8. The SMILES string of the molecule is Cc1c(CC(=O)NCCC(=O)O)c2c(F)c(O)c(F)cc2n1C(=O)c1ccc(Cl)c(Cl)c1. The number of halogens is 4. The molecule has 0 radical (unpaired) electrons. The summed E-state index contributed by atoms with van der Waals surface area (Å²) in [5.41, 5.74) is 0.0489. The average molecular weight is 485 g/mol. The van der Waals surface area contributed by atoms with Gasteiger partial charge in [0.1, 0.15) is 0 Å². The number of hydrogen-bond donors (Lipinski definition) is 3. The van der Waals surface area contributed by atoms with Crippen LogP contribution in [0.1, 0.15) is 28.0 Å². The Morgan fingerprint density at radius 3 is 2.44 bits per heavy atom. The highest BCUT2D eigenvalue weighted by Crippen LogP contribution is 2.35. The number of amides is 1. The van der Waals surface area contributed by atoms with E-state index in [-0.39, 0.29) is 50.7 Å². The lowest BCUT2D eigenvalue weighted by Crippen LogP contribution is -2.27. The topological polar surface area (TPSA) is 109 Å². The Morgan fingerprint density at radius 1 is 1.12 bits per heavy atom. The standard InChI is InChI=1S/C21H16Cl2F2N2O5/c1-9-11(7-16(28)26-5-4-17(29)30)18-15(8-14(24)20(31)19(18)25)27(9)21(32)10-2-3-12(22)13(23)6-10/h2-3,6,8,31H,4-5,7H2,1H3,(H,26,28)(H,29,30). The van der Waals surface area contributed by atoms with Gasteiger partial charge in [-0.05, 0) is 30.7 Å². The van der Waals surface area contributed by atoms with Crippen LogP contribution in [0.15, 0.2) is 24.3 Å². The number of aromatic nitrogens is 1. The molecule has 0 aliphatic heterocycles. The molecule has 0 bridgehead atoms. The quantitative estimate of drug-likeness (QED) is 0.488. The van der Waals surface area contributed by atoms with Crippen molar-refractivity contribution in [3.63, 3.8) is 0 Å². The van der Waals surface area contributed by atoms with Gasteiger partial charge in [0.2, 0.25) is 5.91 Å². The van der Waals surface area contributed by atoms with Gasteiger partial charge >= 0.3 is 5.97 Å². The number of fused-ring (bicyclic) bond motifs is 1. The van der Waals surface area contributed by atoms with Crippen molar-refractivity contribution in [2.24, 2.45) is 0 Å². The highest BCUT2D eigenvalue weighted by molar-refractivity contribution is 6.42. The number of aromatic hydroxyl groups is 1. The maximum atomic E-state index is 14.8. The third kappa shape index (κ3) is 4.39. The number of carbonyl (C=O) groups is 3. The summed E-state index contributed by atoms with van der Waals surface area (Å²) in [5.74, 6) is -6.29. The Balaban J connectivity index is 2.14. The van der Waals surface area contributed by atoms with Crippen LogP contribution in [0.3, 0.4) is 0 Å². The summed E-state index contributed by atoms with van der Waals surface area (Å²) in [6, 6.07) is 4.86. The normalized spacial score (nSPS) is 11.0. The van der Waals surface area contributed by atoms with Gasteiger partial charge < -0.3 is 15.5 Å². The molecule has 3 aromatic rings. The number of phenols is 1. The van der Waals surface area contributed by atoms with Crippen LogP contribution in [-0.2, 0) is 16.0 Å². The lowest BCUT2D eigenvalue weighted by Gasteiger charge is -2.09. The molecule has 1 amide bonds. The largest absolute Gasteiger partial charge is 0.503 e. The van der Waals surface area contributed by atoms with Gasteiger partial charge in [-0.25, -0.2) is 8.78 Å². The number of carboxylic acids is 1. The van der Waals surface area contributed by atoms with Gasteiger partial charge in [-0.3, -0.25) is 19.0 Å². The zero-order valence-corrected chi connectivity index (χ0v) is 18.0. The molecule has 0 unspecified atom stereocenters. The van der Waals surface area contributed by atoms with Crippen molar-refractivity contribution in [3.05, 3.63) is 62.8 Å². The van der Waals surface area contributed by atoms with E-state index in [1.165, 1.54) is 25.1 Å². The minimum absolute atomic E-state index is 0.0361. The number of aliphatic carboxylic acids is 1. The molecule has 1 heterocycles. The second-order valence-corrected chi connectivity index (χ2v) is 7.73. The number of benzene rings is 2. The van der Waals surface area contributed by atoms with Crippen LogP contribution in [0.2, 0.25) is 10.0 Å². The fourth-order valence-electron chi connectivity index (χ4n) is 3.32. The van der Waals surface area contributed by atoms with Crippen molar-refractivity contribution in [2.45, 2.75) is 19.8 Å². The number of nitrogens with one attached hydrogen (secondary N) is 1. The zero-order chi connectivity index (χ0) is 23.7. The molecule has 0 saturated carbocycles. The van der Waals surface area contributed by atoms with E-state index in [9.17, 15) is 28.3 Å². The third-order valence-corrected chi connectivity index (χ3v) is 5.60. The molecule has 7 nitrogen and oxygen atoms in total. The van der Waals surface area contributed by atoms with Crippen molar-refractivity contribution in [2.75, 3.05) is 6.54 Å². The highest BCUT2D eigenvalue weighted by Gasteiger charge is 2.27. The van der Waals surface area contributed by atoms with Gasteiger partial charge in [0.25, 0.3) is 5.91 Å². The molecule has 0 saturated heterocycles. The number of phenolic OH excluding ortho intramolecular Hbond substituents is 1. The Hall–Kier alpha value is -3.17. The number of carboxylic acid groups (broad SMARTS) is 1. The fraction of sp³-hybridized carbons (Fsp3) is 0.190. The molecule has 168 valence electrons. The average Bonchev–Trinajstić information content (AvgIpc) is 2.98. The summed E-state index contributed by atoms with van der Waals surface area (Å²) < 4.78 is 30.0. The van der Waals surface area contributed by atoms with Crippen LogP contribution in [0, 0.1) is 18.6 Å². The molecule has 32 heavy (non-hydrogen) atoms. The monoisotopic (exact) mass is 484 g/mol. The molecule has 11 heteroatoms. The summed E-state index contributed by atoms with van der Waals surface area (Å²) in [6.45, 7) is 1.28. The van der Waals surface area contributed by atoms with Gasteiger partial charge in [0.15, 0.2) is 17.4 Å². The summed E-state index contributed by atoms with van der Waals surface area (Å²) in [6.07, 6.45) is -0.756. The second kappa shape index (κ2) is 9.13. The summed E-state index contributed by atoms with van der Waals surface area (Å²) >= 11 is 11.9. The van der Waals surface area contributed by atoms with Crippen LogP contribution < -0.4 is 5.32 Å². The maximum Gasteiger partial charge on any atom is 0.305 e. The molecule has 0 fully saturated rings. The van der Waals surface area contributed by atoms with Crippen molar-refractivity contribution >= 4 is 51.9 Å². The van der Waals surface area contributed by atoms with Crippen molar-refractivity contribution in [1.82, 2.24) is 9.88 Å². The van der Waals surface area contributed by atoms with Gasteiger partial charge in [-0.15, -0.1) is 0 Å². The van der Waals surface area contributed by atoms with Gasteiger partial charge in [-0.2, -0.15) is 0 Å². The third-order valence-electron chi connectivity index (χ3n) is 4.86. The first-order valence-electron chi connectivity index (χ1n) is 9.22. The number of rotatable bonds is 6. The molecule has 0 atom stereocenters. The summed E-state index contributed by atoms with van der Waals surface area (Å²) in [4.78, 5) is 36.1. The van der Waals surface area contributed by atoms with E-state index in [0.29, 0.717) is 0 Å². The second-order valence-electron chi connectivity index (χ2n) is 6.92. The van der Waals surface area contributed by atoms with Crippen molar-refractivity contribution < 1.29 is 33.4 Å². The molecule has 1 aromatic heterocycles. The molecule has 3 rings (SSSR count). The van der Waals surface area contributed by atoms with E-state index in [0.717, 1.165) is 10.6 Å². The lowest BCUT2D eigenvalue weighted by atomic mass is 10.1. The number of hydrogen-bond acceptors (Lipinski definition) is 4. The van der Waals surface area contributed by atoms with Gasteiger partial charge in [-0.1, -0.05) is 23.2 Å². The van der Waals surface area contributed by atoms with Crippen LogP contribution in [0.5, 0.6) is 5.75 Å². The maximum absolute atomic E-state index is 14.8. The minimum atomic E-state index is -1.32. The Morgan fingerprint density at radius 2 is 1.81 bits per heavy atom. The van der Waals surface area contributed by atoms with Crippen LogP contribution in [-0.4, -0.2) is 39.1 Å². The molecule has 0 spiro atoms. The number of nitrogens with zero attached hydrogens (tertiary/aromatic N) is 1. The van der Waals surface area contributed by atoms with E-state index in [4.69, 9.17) is 28.3 Å². The molecule has 3 N–H and O–H groups in total. The number of carbonyl (C=O) groups excluding carboxylic acids is 2. The smallest absolute Gasteiger partial charge is 0.305 e. The predicted octanol–water partition coefficient (Wildman–Crippen LogP) is 4.06. The zero-order valence-electron chi connectivity index (χ0n) is 16.5. The van der Waals surface area contributed by atoms with Crippen LogP contribution >= 0.6 is 23.2 Å². The van der Waals surface area contributed by atoms with Gasteiger partial charge in [0.05, 0.1) is 28.4 Å². The molecule has 0 aliphatic carbocycles. The first-order valence-corrected chi connectivity index (χ1v) is 9.97. The Labute approximate surface area is 190 Å². The molecule has 2 aromatic carbocycles. The van der Waals surface area contributed by atoms with Crippen molar-refractivity contribution in [1.29, 1.82) is 0 Å². The van der Waals surface area contributed by atoms with E-state index in [1.54, 1.807) is 0 Å². The fourth-order valence-corrected chi connectivity index (χ4v) is 3.62. The van der Waals surface area contributed by atoms with Crippen LogP contribution in [0.4, 0.5) is 8.78 Å². The minimum Gasteiger partial charge on any atom is -0.503 e. The molecular formula is C21H16Cl2F2N2O5. The van der Waals surface area contributed by atoms with Crippen molar-refractivity contribution in [3.8, 4) is 5.75 Å². The van der Waals surface area contributed by atoms with E-state index in [1.807, 2.05) is 0 Å². The lowest BCUT2D eigenvalue weighted by molar-refractivity contribution is -0.136.